The predicted molar refractivity (Wildman–Crippen MR) is 81.5 cm³/mol. The van der Waals surface area contributed by atoms with Crippen molar-refractivity contribution in [2.24, 2.45) is 0 Å². The molecule has 1 aromatic heterocycles. The Morgan fingerprint density at radius 3 is 3.05 bits per heavy atom. The number of carbonyl (C=O) groups is 1. The van der Waals surface area contributed by atoms with Crippen molar-refractivity contribution >= 4 is 22.4 Å². The zero-order valence-corrected chi connectivity index (χ0v) is 13.3. The summed E-state index contributed by atoms with van der Waals surface area (Å²) in [5, 5.41) is 4.28. The number of carbonyl (C=O) groups excluding carboxylic acids is 1. The fraction of sp³-hybridized carbons (Fsp3) is 0.714. The van der Waals surface area contributed by atoms with Gasteiger partial charge in [0.2, 0.25) is 0 Å². The summed E-state index contributed by atoms with van der Waals surface area (Å²) >= 11 is 1.68. The second-order valence-electron chi connectivity index (χ2n) is 5.25. The van der Waals surface area contributed by atoms with Crippen LogP contribution in [0.15, 0.2) is 0 Å². The Morgan fingerprint density at radius 2 is 2.35 bits per heavy atom. The fourth-order valence-electron chi connectivity index (χ4n) is 2.37. The molecule has 6 heteroatoms. The van der Waals surface area contributed by atoms with Crippen LogP contribution in [0.4, 0.5) is 5.13 Å². The van der Waals surface area contributed by atoms with Gasteiger partial charge in [0, 0.05) is 11.4 Å². The van der Waals surface area contributed by atoms with Gasteiger partial charge in [0.25, 0.3) is 0 Å². The average Bonchev–Trinajstić information content (AvgIpc) is 2.94. The molecule has 1 unspecified atom stereocenters. The van der Waals surface area contributed by atoms with Crippen LogP contribution in [0.1, 0.15) is 36.3 Å². The van der Waals surface area contributed by atoms with Crippen molar-refractivity contribution in [3.05, 3.63) is 10.6 Å². The van der Waals surface area contributed by atoms with E-state index in [0.717, 1.165) is 43.2 Å². The number of nitrogens with one attached hydrogen (secondary N) is 1. The number of anilines is 1. The van der Waals surface area contributed by atoms with Gasteiger partial charge in [-0.2, -0.15) is 0 Å². The van der Waals surface area contributed by atoms with Gasteiger partial charge < -0.3 is 15.0 Å². The first-order valence-corrected chi connectivity index (χ1v) is 7.98. The molecule has 0 saturated heterocycles. The standard InChI is InChI=1S/C14H23N3O2S/c1-4-19-13(18)10-6-7-11-12(10)16-14(20-11)15-8-5-9-17(2)3/h10H,4-9H2,1-3H3,(H,15,16). The maximum atomic E-state index is 11.9. The van der Waals surface area contributed by atoms with Gasteiger partial charge in [-0.15, -0.1) is 11.3 Å². The molecule has 20 heavy (non-hydrogen) atoms. The van der Waals surface area contributed by atoms with Gasteiger partial charge in [-0.25, -0.2) is 4.98 Å². The SMILES string of the molecule is CCOC(=O)C1CCc2sc(NCCCN(C)C)nc21. The molecule has 0 aliphatic heterocycles. The lowest BCUT2D eigenvalue weighted by Crippen LogP contribution is -2.16. The van der Waals surface area contributed by atoms with Crippen LogP contribution in [0.25, 0.3) is 0 Å². The van der Waals surface area contributed by atoms with E-state index in [2.05, 4.69) is 29.3 Å². The molecule has 0 bridgehead atoms. The minimum absolute atomic E-state index is 0.129. The van der Waals surface area contributed by atoms with Crippen LogP contribution in [0.2, 0.25) is 0 Å². The maximum Gasteiger partial charge on any atom is 0.315 e. The van der Waals surface area contributed by atoms with Gasteiger partial charge >= 0.3 is 5.97 Å². The van der Waals surface area contributed by atoms with Gasteiger partial charge in [0.1, 0.15) is 5.92 Å². The van der Waals surface area contributed by atoms with Crippen molar-refractivity contribution in [2.75, 3.05) is 39.1 Å². The number of aromatic nitrogens is 1. The largest absolute Gasteiger partial charge is 0.465 e. The monoisotopic (exact) mass is 297 g/mol. The summed E-state index contributed by atoms with van der Waals surface area (Å²) in [6.07, 6.45) is 2.86. The molecule has 1 heterocycles. The van der Waals surface area contributed by atoms with Gasteiger partial charge in [-0.1, -0.05) is 0 Å². The second kappa shape index (κ2) is 7.04. The fourth-order valence-corrected chi connectivity index (χ4v) is 3.43. The Labute approximate surface area is 124 Å². The van der Waals surface area contributed by atoms with Crippen LogP contribution >= 0.6 is 11.3 Å². The van der Waals surface area contributed by atoms with Crippen LogP contribution in [0, 0.1) is 0 Å². The number of hydrogen-bond acceptors (Lipinski definition) is 6. The molecular formula is C14H23N3O2S. The van der Waals surface area contributed by atoms with Gasteiger partial charge in [0.15, 0.2) is 5.13 Å². The summed E-state index contributed by atoms with van der Waals surface area (Å²) in [7, 11) is 4.14. The molecule has 0 aromatic carbocycles. The van der Waals surface area contributed by atoms with Crippen LogP contribution in [-0.4, -0.2) is 49.6 Å². The normalized spacial score (nSPS) is 17.3. The Morgan fingerprint density at radius 1 is 1.55 bits per heavy atom. The van der Waals surface area contributed by atoms with E-state index in [1.807, 2.05) is 6.92 Å². The van der Waals surface area contributed by atoms with Crippen molar-refractivity contribution < 1.29 is 9.53 Å². The summed E-state index contributed by atoms with van der Waals surface area (Å²) in [5.41, 5.74) is 0.934. The van der Waals surface area contributed by atoms with Crippen LogP contribution < -0.4 is 5.32 Å². The summed E-state index contributed by atoms with van der Waals surface area (Å²) in [4.78, 5) is 19.9. The molecule has 1 atom stereocenters. The Hall–Kier alpha value is -1.14. The van der Waals surface area contributed by atoms with E-state index in [0.29, 0.717) is 6.61 Å². The lowest BCUT2D eigenvalue weighted by molar-refractivity contribution is -0.145. The maximum absolute atomic E-state index is 11.9. The number of nitrogens with zero attached hydrogens (tertiary/aromatic N) is 2. The third kappa shape index (κ3) is 3.70. The van der Waals surface area contributed by atoms with Crippen molar-refractivity contribution in [1.29, 1.82) is 0 Å². The molecule has 1 N–H and O–H groups in total. The minimum atomic E-state index is -0.154. The second-order valence-corrected chi connectivity index (χ2v) is 6.34. The highest BCUT2D eigenvalue weighted by atomic mass is 32.1. The third-order valence-electron chi connectivity index (χ3n) is 3.35. The molecular weight excluding hydrogens is 274 g/mol. The number of rotatable bonds is 7. The molecule has 0 amide bonds. The quantitative estimate of drug-likeness (QED) is 0.617. The average molecular weight is 297 g/mol. The van der Waals surface area contributed by atoms with E-state index in [1.165, 1.54) is 4.88 Å². The molecule has 1 aliphatic rings. The molecule has 0 saturated carbocycles. The Balaban J connectivity index is 1.89. The molecule has 0 radical (unpaired) electrons. The first-order chi connectivity index (χ1) is 9.61. The van der Waals surface area contributed by atoms with E-state index in [1.54, 1.807) is 11.3 Å². The van der Waals surface area contributed by atoms with Crippen molar-refractivity contribution in [3.63, 3.8) is 0 Å². The number of aryl methyl sites for hydroxylation is 1. The Kier molecular flexibility index (Phi) is 5.37. The highest BCUT2D eigenvalue weighted by molar-refractivity contribution is 7.15. The first-order valence-electron chi connectivity index (χ1n) is 7.16. The van der Waals surface area contributed by atoms with Gasteiger partial charge in [-0.3, -0.25) is 4.79 Å². The van der Waals surface area contributed by atoms with E-state index in [9.17, 15) is 4.79 Å². The summed E-state index contributed by atoms with van der Waals surface area (Å²) in [6, 6.07) is 0. The number of esters is 1. The molecule has 0 spiro atoms. The van der Waals surface area contributed by atoms with E-state index in [4.69, 9.17) is 4.74 Å². The van der Waals surface area contributed by atoms with Crippen LogP contribution in [-0.2, 0) is 16.0 Å². The number of hydrogen-bond donors (Lipinski definition) is 1. The summed E-state index contributed by atoms with van der Waals surface area (Å²) in [6.45, 7) is 4.25. The molecule has 2 rings (SSSR count). The summed E-state index contributed by atoms with van der Waals surface area (Å²) < 4.78 is 5.12. The Bertz CT molecular complexity index is 459. The first kappa shape index (κ1) is 15.3. The lowest BCUT2D eigenvalue weighted by atomic mass is 10.1. The van der Waals surface area contributed by atoms with Gasteiger partial charge in [0.05, 0.1) is 12.3 Å². The van der Waals surface area contributed by atoms with Crippen molar-refractivity contribution in [2.45, 2.75) is 32.1 Å². The van der Waals surface area contributed by atoms with Crippen LogP contribution in [0.5, 0.6) is 0 Å². The zero-order valence-electron chi connectivity index (χ0n) is 12.4. The minimum Gasteiger partial charge on any atom is -0.465 e. The zero-order chi connectivity index (χ0) is 14.5. The topological polar surface area (TPSA) is 54.5 Å². The molecule has 5 nitrogen and oxygen atoms in total. The van der Waals surface area contributed by atoms with E-state index >= 15 is 0 Å². The number of fused-ring (bicyclic) bond motifs is 1. The molecule has 0 fully saturated rings. The van der Waals surface area contributed by atoms with E-state index in [-0.39, 0.29) is 11.9 Å². The number of ether oxygens (including phenoxy) is 1. The molecule has 112 valence electrons. The third-order valence-corrected chi connectivity index (χ3v) is 4.44. The smallest absolute Gasteiger partial charge is 0.315 e. The highest BCUT2D eigenvalue weighted by Crippen LogP contribution is 2.38. The van der Waals surface area contributed by atoms with E-state index < -0.39 is 0 Å². The molecule has 1 aliphatic carbocycles. The lowest BCUT2D eigenvalue weighted by Gasteiger charge is -2.09. The van der Waals surface area contributed by atoms with Crippen LogP contribution in [0.3, 0.4) is 0 Å². The predicted octanol–water partition coefficient (Wildman–Crippen LogP) is 2.10. The van der Waals surface area contributed by atoms with Gasteiger partial charge in [-0.05, 0) is 46.8 Å². The molecule has 1 aromatic rings. The van der Waals surface area contributed by atoms with Crippen molar-refractivity contribution in [3.8, 4) is 0 Å². The highest BCUT2D eigenvalue weighted by Gasteiger charge is 2.33. The summed E-state index contributed by atoms with van der Waals surface area (Å²) in [5.74, 6) is -0.283. The van der Waals surface area contributed by atoms with Crippen molar-refractivity contribution in [1.82, 2.24) is 9.88 Å². The number of thiazole rings is 1.